The fraction of sp³-hybridized carbons (Fsp3) is 0. The predicted molar refractivity (Wildman–Crippen MR) is 207 cm³/mol. The highest BCUT2D eigenvalue weighted by Crippen LogP contribution is 2.44. The highest BCUT2D eigenvalue weighted by Gasteiger charge is 2.20. The molecule has 0 saturated carbocycles. The fourth-order valence-corrected chi connectivity index (χ4v) is 8.13. The molecular weight excluding hydrogens is 631 g/mol. The number of aromatic nitrogens is 3. The van der Waals surface area contributed by atoms with Crippen LogP contribution in [0, 0.1) is 0 Å². The van der Waals surface area contributed by atoms with Crippen molar-refractivity contribution in [1.82, 2.24) is 15.0 Å². The van der Waals surface area contributed by atoms with E-state index in [9.17, 15) is 0 Å². The molecule has 50 heavy (non-hydrogen) atoms. The minimum absolute atomic E-state index is 0.677. The van der Waals surface area contributed by atoms with Gasteiger partial charge in [0, 0.05) is 65.6 Å². The van der Waals surface area contributed by atoms with E-state index in [1.165, 1.54) is 20.2 Å². The molecule has 0 aliphatic heterocycles. The normalized spacial score (nSPS) is 11.6. The summed E-state index contributed by atoms with van der Waals surface area (Å²) in [5, 5.41) is 4.68. The van der Waals surface area contributed by atoms with Gasteiger partial charge in [0.05, 0.1) is 11.4 Å². The number of benzene rings is 6. The molecule has 0 N–H and O–H groups in total. The van der Waals surface area contributed by atoms with Crippen molar-refractivity contribution in [2.45, 2.75) is 0 Å². The molecule has 0 saturated heterocycles. The lowest BCUT2D eigenvalue weighted by atomic mass is 9.95. The first kappa shape index (κ1) is 28.6. The van der Waals surface area contributed by atoms with Crippen molar-refractivity contribution in [3.63, 3.8) is 0 Å². The van der Waals surface area contributed by atoms with E-state index in [-0.39, 0.29) is 0 Å². The summed E-state index contributed by atoms with van der Waals surface area (Å²) in [7, 11) is 0. The highest BCUT2D eigenvalue weighted by atomic mass is 32.1. The molecule has 5 heteroatoms. The number of furan rings is 1. The van der Waals surface area contributed by atoms with Gasteiger partial charge in [0.1, 0.15) is 11.2 Å². The highest BCUT2D eigenvalue weighted by molar-refractivity contribution is 7.25. The number of nitrogens with zero attached hydrogens (tertiary/aromatic N) is 3. The van der Waals surface area contributed by atoms with E-state index in [1.807, 2.05) is 66.2 Å². The van der Waals surface area contributed by atoms with Gasteiger partial charge < -0.3 is 4.42 Å². The standard InChI is InChI=1S/C45H27N3OS/c1-2-8-31(9-3-1)45-47-38(30-16-14-28(15-17-30)29-22-24-46-25-23-29)27-39(48-45)36-21-20-33(44-43(36)37-11-4-6-12-40(37)49-44)32-18-19-35-34-10-5-7-13-41(34)50-42(35)26-32/h1-27H. The van der Waals surface area contributed by atoms with Crippen LogP contribution < -0.4 is 0 Å². The molecule has 0 spiro atoms. The lowest BCUT2D eigenvalue weighted by molar-refractivity contribution is 0.670. The molecule has 0 atom stereocenters. The Kier molecular flexibility index (Phi) is 6.64. The molecule has 10 rings (SSSR count). The zero-order chi connectivity index (χ0) is 33.0. The molecule has 0 bridgehead atoms. The maximum atomic E-state index is 6.71. The Morgan fingerprint density at radius 2 is 1.10 bits per heavy atom. The predicted octanol–water partition coefficient (Wildman–Crippen LogP) is 12.5. The number of hydrogen-bond donors (Lipinski definition) is 0. The van der Waals surface area contributed by atoms with Gasteiger partial charge in [-0.25, -0.2) is 9.97 Å². The Balaban J connectivity index is 1.17. The van der Waals surface area contributed by atoms with Gasteiger partial charge in [-0.05, 0) is 59.2 Å². The van der Waals surface area contributed by atoms with Gasteiger partial charge in [0.25, 0.3) is 0 Å². The first-order valence-electron chi connectivity index (χ1n) is 16.6. The van der Waals surface area contributed by atoms with Crippen LogP contribution in [0.1, 0.15) is 0 Å². The maximum absolute atomic E-state index is 6.71. The number of rotatable bonds is 5. The molecule has 4 heterocycles. The molecule has 4 aromatic heterocycles. The van der Waals surface area contributed by atoms with Crippen LogP contribution in [-0.2, 0) is 0 Å². The molecule has 6 aromatic carbocycles. The number of para-hydroxylation sites is 1. The molecule has 0 unspecified atom stereocenters. The second-order valence-electron chi connectivity index (χ2n) is 12.4. The van der Waals surface area contributed by atoms with E-state index < -0.39 is 0 Å². The van der Waals surface area contributed by atoms with E-state index in [0.29, 0.717) is 5.82 Å². The quantitative estimate of drug-likeness (QED) is 0.185. The topological polar surface area (TPSA) is 51.8 Å². The largest absolute Gasteiger partial charge is 0.455 e. The minimum atomic E-state index is 0.677. The van der Waals surface area contributed by atoms with Gasteiger partial charge in [0.15, 0.2) is 5.82 Å². The number of hydrogen-bond acceptors (Lipinski definition) is 5. The van der Waals surface area contributed by atoms with Gasteiger partial charge in [-0.3, -0.25) is 4.98 Å². The molecule has 234 valence electrons. The Morgan fingerprint density at radius 1 is 0.440 bits per heavy atom. The van der Waals surface area contributed by atoms with Crippen LogP contribution in [0.3, 0.4) is 0 Å². The molecule has 0 fully saturated rings. The van der Waals surface area contributed by atoms with Crippen molar-refractivity contribution in [2.75, 3.05) is 0 Å². The first-order valence-corrected chi connectivity index (χ1v) is 17.4. The van der Waals surface area contributed by atoms with Gasteiger partial charge in [0.2, 0.25) is 0 Å². The zero-order valence-electron chi connectivity index (χ0n) is 26.7. The van der Waals surface area contributed by atoms with E-state index in [1.54, 1.807) is 0 Å². The molecule has 0 aliphatic rings. The van der Waals surface area contributed by atoms with Crippen molar-refractivity contribution in [3.05, 3.63) is 164 Å². The zero-order valence-corrected chi connectivity index (χ0v) is 27.6. The van der Waals surface area contributed by atoms with Crippen molar-refractivity contribution >= 4 is 53.4 Å². The van der Waals surface area contributed by atoms with Crippen molar-refractivity contribution in [3.8, 4) is 56.2 Å². The summed E-state index contributed by atoms with van der Waals surface area (Å²) in [6, 6.07) is 52.9. The Bertz CT molecular complexity index is 2860. The third-order valence-corrected chi connectivity index (χ3v) is 10.6. The van der Waals surface area contributed by atoms with E-state index >= 15 is 0 Å². The monoisotopic (exact) mass is 657 g/mol. The number of fused-ring (bicyclic) bond motifs is 6. The molecule has 0 radical (unpaired) electrons. The van der Waals surface area contributed by atoms with Crippen molar-refractivity contribution < 1.29 is 4.42 Å². The fourth-order valence-electron chi connectivity index (χ4n) is 6.99. The van der Waals surface area contributed by atoms with Crippen molar-refractivity contribution in [2.24, 2.45) is 0 Å². The molecule has 4 nitrogen and oxygen atoms in total. The lowest BCUT2D eigenvalue weighted by Crippen LogP contribution is -1.96. The Hall–Kier alpha value is -6.43. The van der Waals surface area contributed by atoms with Crippen LogP contribution in [0.2, 0.25) is 0 Å². The SMILES string of the molecule is c1ccc(-c2nc(-c3ccc(-c4ccncc4)cc3)cc(-c3ccc(-c4ccc5c(c4)sc4ccccc45)c4oc5ccccc5c34)n2)cc1. The van der Waals surface area contributed by atoms with Crippen LogP contribution in [0.4, 0.5) is 0 Å². The summed E-state index contributed by atoms with van der Waals surface area (Å²) >= 11 is 1.83. The lowest BCUT2D eigenvalue weighted by Gasteiger charge is -2.12. The summed E-state index contributed by atoms with van der Waals surface area (Å²) < 4.78 is 9.27. The maximum Gasteiger partial charge on any atom is 0.160 e. The van der Waals surface area contributed by atoms with Crippen molar-refractivity contribution in [1.29, 1.82) is 0 Å². The summed E-state index contributed by atoms with van der Waals surface area (Å²) in [5.74, 6) is 0.677. The first-order chi connectivity index (χ1) is 24.8. The van der Waals surface area contributed by atoms with Crippen LogP contribution in [0.15, 0.2) is 168 Å². The Labute approximate surface area is 292 Å². The number of thiophene rings is 1. The summed E-state index contributed by atoms with van der Waals surface area (Å²) in [4.78, 5) is 14.5. The van der Waals surface area contributed by atoms with Crippen LogP contribution in [-0.4, -0.2) is 15.0 Å². The smallest absolute Gasteiger partial charge is 0.160 e. The summed E-state index contributed by atoms with van der Waals surface area (Å²) in [6.45, 7) is 0. The third-order valence-electron chi connectivity index (χ3n) is 9.44. The summed E-state index contributed by atoms with van der Waals surface area (Å²) in [6.07, 6.45) is 3.64. The molecule has 0 aliphatic carbocycles. The second kappa shape index (κ2) is 11.6. The number of pyridine rings is 1. The average Bonchev–Trinajstić information content (AvgIpc) is 3.77. The van der Waals surface area contributed by atoms with Crippen LogP contribution in [0.25, 0.3) is 98.3 Å². The van der Waals surface area contributed by atoms with Gasteiger partial charge in [-0.2, -0.15) is 0 Å². The van der Waals surface area contributed by atoms with Crippen LogP contribution in [0.5, 0.6) is 0 Å². The molecule has 0 amide bonds. The van der Waals surface area contributed by atoms with Gasteiger partial charge in [-0.15, -0.1) is 11.3 Å². The Morgan fingerprint density at radius 3 is 1.96 bits per heavy atom. The summed E-state index contributed by atoms with van der Waals surface area (Å²) in [5.41, 5.74) is 10.8. The average molecular weight is 658 g/mol. The van der Waals surface area contributed by atoms with Gasteiger partial charge >= 0.3 is 0 Å². The van der Waals surface area contributed by atoms with Gasteiger partial charge in [-0.1, -0.05) is 109 Å². The third kappa shape index (κ3) is 4.79. The molecule has 10 aromatic rings. The van der Waals surface area contributed by atoms with E-state index in [2.05, 4.69) is 114 Å². The van der Waals surface area contributed by atoms with E-state index in [4.69, 9.17) is 14.4 Å². The second-order valence-corrected chi connectivity index (χ2v) is 13.5. The molecular formula is C45H27N3OS. The van der Waals surface area contributed by atoms with Crippen LogP contribution >= 0.6 is 11.3 Å². The van der Waals surface area contributed by atoms with E-state index in [0.717, 1.165) is 72.3 Å². The minimum Gasteiger partial charge on any atom is -0.455 e.